The maximum atomic E-state index is 10.9. The molecule has 0 saturated carbocycles. The number of primary amides is 1. The van der Waals surface area contributed by atoms with Crippen molar-refractivity contribution < 1.29 is 9.59 Å². The molecule has 0 aliphatic carbocycles. The van der Waals surface area contributed by atoms with E-state index in [4.69, 9.17) is 5.73 Å². The summed E-state index contributed by atoms with van der Waals surface area (Å²) in [5.41, 5.74) is 6.83. The highest BCUT2D eigenvalue weighted by Crippen LogP contribution is 2.17. The van der Waals surface area contributed by atoms with Gasteiger partial charge in [0.1, 0.15) is 0 Å². The van der Waals surface area contributed by atoms with E-state index in [2.05, 4.69) is 5.32 Å². The average Bonchev–Trinajstić information content (AvgIpc) is 2.08. The van der Waals surface area contributed by atoms with Crippen LogP contribution in [0.2, 0.25) is 0 Å². The summed E-state index contributed by atoms with van der Waals surface area (Å²) in [6, 6.07) is 4.99. The minimum Gasteiger partial charge on any atom is -0.366 e. The Kier molecular flexibility index (Phi) is 2.64. The van der Waals surface area contributed by atoms with Gasteiger partial charge in [-0.3, -0.25) is 9.59 Å². The number of carbonyl (C=O) groups excluding carboxylic acids is 2. The largest absolute Gasteiger partial charge is 0.366 e. The van der Waals surface area contributed by atoms with E-state index in [1.54, 1.807) is 25.1 Å². The van der Waals surface area contributed by atoms with Crippen LogP contribution in [0.25, 0.3) is 0 Å². The SMILES string of the molecule is Cc1c(NC=O)cccc1C(N)=O. The van der Waals surface area contributed by atoms with Crippen molar-refractivity contribution in [2.75, 3.05) is 5.32 Å². The second kappa shape index (κ2) is 3.71. The van der Waals surface area contributed by atoms with Crippen molar-refractivity contribution >= 4 is 18.0 Å². The normalized spacial score (nSPS) is 9.31. The molecule has 1 rings (SSSR count). The number of benzene rings is 1. The maximum absolute atomic E-state index is 10.9. The summed E-state index contributed by atoms with van der Waals surface area (Å²) in [4.78, 5) is 21.1. The Balaban J connectivity index is 3.17. The van der Waals surface area contributed by atoms with Crippen molar-refractivity contribution in [3.63, 3.8) is 0 Å². The van der Waals surface area contributed by atoms with Gasteiger partial charge in [0.05, 0.1) is 0 Å². The number of nitrogens with one attached hydrogen (secondary N) is 1. The fraction of sp³-hybridized carbons (Fsp3) is 0.111. The fourth-order valence-electron chi connectivity index (χ4n) is 1.12. The number of nitrogens with two attached hydrogens (primary N) is 1. The molecule has 0 unspecified atom stereocenters. The Hall–Kier alpha value is -1.84. The molecule has 0 saturated heterocycles. The molecular formula is C9H10N2O2. The van der Waals surface area contributed by atoms with Crippen LogP contribution in [0, 0.1) is 6.92 Å². The number of hydrogen-bond acceptors (Lipinski definition) is 2. The van der Waals surface area contributed by atoms with Gasteiger partial charge in [-0.1, -0.05) is 6.07 Å². The first kappa shape index (κ1) is 9.25. The molecule has 0 radical (unpaired) electrons. The predicted octanol–water partition coefficient (Wildman–Crippen LogP) is 0.662. The van der Waals surface area contributed by atoms with Crippen molar-refractivity contribution in [2.24, 2.45) is 5.73 Å². The number of amides is 2. The quantitative estimate of drug-likeness (QED) is 0.667. The molecule has 0 fully saturated rings. The van der Waals surface area contributed by atoms with Crippen LogP contribution in [0.1, 0.15) is 15.9 Å². The minimum absolute atomic E-state index is 0.423. The molecule has 4 heteroatoms. The van der Waals surface area contributed by atoms with E-state index in [9.17, 15) is 9.59 Å². The number of rotatable bonds is 3. The number of anilines is 1. The Morgan fingerprint density at radius 2 is 2.23 bits per heavy atom. The van der Waals surface area contributed by atoms with Crippen LogP contribution in [0.3, 0.4) is 0 Å². The van der Waals surface area contributed by atoms with Gasteiger partial charge in [0.15, 0.2) is 0 Å². The smallest absolute Gasteiger partial charge is 0.249 e. The first-order valence-corrected chi connectivity index (χ1v) is 3.76. The summed E-state index contributed by atoms with van der Waals surface area (Å²) in [6.07, 6.45) is 0.563. The van der Waals surface area contributed by atoms with Crippen LogP contribution in [-0.2, 0) is 4.79 Å². The molecule has 0 atom stereocenters. The van der Waals surface area contributed by atoms with E-state index < -0.39 is 5.91 Å². The van der Waals surface area contributed by atoms with Crippen molar-refractivity contribution in [1.82, 2.24) is 0 Å². The first-order chi connectivity index (χ1) is 6.16. The lowest BCUT2D eigenvalue weighted by molar-refractivity contribution is -0.105. The molecule has 4 nitrogen and oxygen atoms in total. The molecular weight excluding hydrogens is 168 g/mol. The Morgan fingerprint density at radius 1 is 1.54 bits per heavy atom. The molecule has 2 amide bonds. The van der Waals surface area contributed by atoms with E-state index in [1.807, 2.05) is 0 Å². The monoisotopic (exact) mass is 178 g/mol. The van der Waals surface area contributed by atoms with Gasteiger partial charge in [-0.15, -0.1) is 0 Å². The fourth-order valence-corrected chi connectivity index (χ4v) is 1.12. The van der Waals surface area contributed by atoms with Crippen molar-refractivity contribution in [3.8, 4) is 0 Å². The molecule has 3 N–H and O–H groups in total. The predicted molar refractivity (Wildman–Crippen MR) is 49.4 cm³/mol. The summed E-state index contributed by atoms with van der Waals surface area (Å²) in [5, 5.41) is 2.48. The summed E-state index contributed by atoms with van der Waals surface area (Å²) >= 11 is 0. The highest BCUT2D eigenvalue weighted by atomic mass is 16.1. The Bertz CT molecular complexity index is 347. The Morgan fingerprint density at radius 3 is 2.77 bits per heavy atom. The standard InChI is InChI=1S/C9H10N2O2/c1-6-7(9(10)13)3-2-4-8(6)11-5-12/h2-5H,1H3,(H2,10,13)(H,11,12). The molecule has 1 aromatic rings. The molecule has 0 bridgehead atoms. The molecule has 0 spiro atoms. The minimum atomic E-state index is -0.493. The van der Waals surface area contributed by atoms with Crippen molar-refractivity contribution in [2.45, 2.75) is 6.92 Å². The molecule has 0 aromatic heterocycles. The summed E-state index contributed by atoms with van der Waals surface area (Å²) in [7, 11) is 0. The van der Waals surface area contributed by atoms with Crippen molar-refractivity contribution in [3.05, 3.63) is 29.3 Å². The van der Waals surface area contributed by atoms with Gasteiger partial charge in [-0.25, -0.2) is 0 Å². The summed E-state index contributed by atoms with van der Waals surface area (Å²) in [6.45, 7) is 1.73. The van der Waals surface area contributed by atoms with E-state index in [0.717, 1.165) is 0 Å². The number of hydrogen-bond donors (Lipinski definition) is 2. The lowest BCUT2D eigenvalue weighted by Gasteiger charge is -2.06. The van der Waals surface area contributed by atoms with E-state index in [-0.39, 0.29) is 0 Å². The van der Waals surface area contributed by atoms with E-state index in [1.165, 1.54) is 0 Å². The highest BCUT2D eigenvalue weighted by Gasteiger charge is 2.06. The topological polar surface area (TPSA) is 72.2 Å². The molecule has 1 aromatic carbocycles. The van der Waals surface area contributed by atoms with Gasteiger partial charge < -0.3 is 11.1 Å². The average molecular weight is 178 g/mol. The summed E-state index contributed by atoms with van der Waals surface area (Å²) in [5.74, 6) is -0.493. The molecule has 0 heterocycles. The first-order valence-electron chi connectivity index (χ1n) is 3.76. The second-order valence-electron chi connectivity index (χ2n) is 2.60. The zero-order valence-corrected chi connectivity index (χ0v) is 7.20. The van der Waals surface area contributed by atoms with Gasteiger partial charge in [-0.2, -0.15) is 0 Å². The molecule has 0 aliphatic heterocycles. The van der Waals surface area contributed by atoms with Crippen LogP contribution in [0.15, 0.2) is 18.2 Å². The van der Waals surface area contributed by atoms with E-state index in [0.29, 0.717) is 23.2 Å². The lowest BCUT2D eigenvalue weighted by Crippen LogP contribution is -2.13. The van der Waals surface area contributed by atoms with Crippen LogP contribution >= 0.6 is 0 Å². The van der Waals surface area contributed by atoms with Crippen LogP contribution in [0.5, 0.6) is 0 Å². The van der Waals surface area contributed by atoms with Gasteiger partial charge >= 0.3 is 0 Å². The third-order valence-electron chi connectivity index (χ3n) is 1.81. The van der Waals surface area contributed by atoms with Crippen LogP contribution < -0.4 is 11.1 Å². The zero-order chi connectivity index (χ0) is 9.84. The van der Waals surface area contributed by atoms with Crippen LogP contribution in [-0.4, -0.2) is 12.3 Å². The third kappa shape index (κ3) is 1.84. The lowest BCUT2D eigenvalue weighted by atomic mass is 10.1. The zero-order valence-electron chi connectivity index (χ0n) is 7.20. The molecule has 0 aliphatic rings. The van der Waals surface area contributed by atoms with Gasteiger partial charge in [-0.05, 0) is 24.6 Å². The van der Waals surface area contributed by atoms with E-state index >= 15 is 0 Å². The second-order valence-corrected chi connectivity index (χ2v) is 2.60. The maximum Gasteiger partial charge on any atom is 0.249 e. The summed E-state index contributed by atoms with van der Waals surface area (Å²) < 4.78 is 0. The van der Waals surface area contributed by atoms with Crippen molar-refractivity contribution in [1.29, 1.82) is 0 Å². The number of carbonyl (C=O) groups is 2. The molecule has 68 valence electrons. The van der Waals surface area contributed by atoms with Gasteiger partial charge in [0.25, 0.3) is 0 Å². The highest BCUT2D eigenvalue weighted by molar-refractivity contribution is 5.96. The van der Waals surface area contributed by atoms with Crippen LogP contribution in [0.4, 0.5) is 5.69 Å². The van der Waals surface area contributed by atoms with Gasteiger partial charge in [0, 0.05) is 11.3 Å². The van der Waals surface area contributed by atoms with Gasteiger partial charge in [0.2, 0.25) is 12.3 Å². The third-order valence-corrected chi connectivity index (χ3v) is 1.81. The molecule has 13 heavy (non-hydrogen) atoms. The Labute approximate surface area is 75.7 Å².